The van der Waals surface area contributed by atoms with Crippen LogP contribution in [-0.4, -0.2) is 32.5 Å². The van der Waals surface area contributed by atoms with Crippen molar-refractivity contribution < 1.29 is 9.47 Å². The summed E-state index contributed by atoms with van der Waals surface area (Å²) < 4.78 is 9.98. The van der Waals surface area contributed by atoms with E-state index in [1.54, 1.807) is 7.11 Å². The maximum absolute atomic E-state index is 5.65. The Morgan fingerprint density at radius 2 is 1.90 bits per heavy atom. The van der Waals surface area contributed by atoms with Gasteiger partial charge in [-0.05, 0) is 13.8 Å². The average molecular weight is 147 g/mol. The molecule has 0 aliphatic rings. The molecule has 0 rings (SSSR count). The second-order valence-electron chi connectivity index (χ2n) is 3.03. The molecule has 0 aromatic heterocycles. The lowest BCUT2D eigenvalue weighted by Gasteiger charge is -2.17. The van der Waals surface area contributed by atoms with E-state index in [-0.39, 0.29) is 5.54 Å². The fourth-order valence-corrected chi connectivity index (χ4v) is 0.477. The Labute approximate surface area is 62.5 Å². The van der Waals surface area contributed by atoms with Crippen LogP contribution in [0.15, 0.2) is 0 Å². The molecule has 0 aliphatic carbocycles. The van der Waals surface area contributed by atoms with Gasteiger partial charge in [-0.25, -0.2) is 0 Å². The smallest absolute Gasteiger partial charge is 0.0701 e. The normalized spacial score (nSPS) is 12.0. The van der Waals surface area contributed by atoms with Crippen LogP contribution in [0.3, 0.4) is 0 Å². The molecule has 62 valence electrons. The van der Waals surface area contributed by atoms with Crippen molar-refractivity contribution in [3.05, 3.63) is 0 Å². The summed E-state index contributed by atoms with van der Waals surface area (Å²) in [5.74, 6) is 0. The van der Waals surface area contributed by atoms with Gasteiger partial charge in [-0.2, -0.15) is 0 Å². The van der Waals surface area contributed by atoms with Gasteiger partial charge in [-0.3, -0.25) is 0 Å². The van der Waals surface area contributed by atoms with E-state index in [1.807, 2.05) is 13.8 Å². The first-order chi connectivity index (χ1) is 4.56. The third kappa shape index (κ3) is 7.88. The standard InChI is InChI=1S/C7H17NO2/c1-7(2,8)6-10-5-4-9-3/h4-6,8H2,1-3H3. The summed E-state index contributed by atoms with van der Waals surface area (Å²) in [7, 11) is 1.65. The van der Waals surface area contributed by atoms with Crippen LogP contribution in [0.1, 0.15) is 13.8 Å². The molecule has 0 atom stereocenters. The van der Waals surface area contributed by atoms with Crippen molar-refractivity contribution in [1.29, 1.82) is 0 Å². The zero-order valence-corrected chi connectivity index (χ0v) is 7.02. The van der Waals surface area contributed by atoms with Gasteiger partial charge in [0, 0.05) is 12.6 Å². The van der Waals surface area contributed by atoms with Crippen LogP contribution in [0.5, 0.6) is 0 Å². The molecule has 0 fully saturated rings. The predicted molar refractivity (Wildman–Crippen MR) is 41.0 cm³/mol. The summed E-state index contributed by atoms with van der Waals surface area (Å²) in [5, 5.41) is 0. The SMILES string of the molecule is COCCOCC(C)(C)N. The fraction of sp³-hybridized carbons (Fsp3) is 1.00. The van der Waals surface area contributed by atoms with E-state index >= 15 is 0 Å². The lowest BCUT2D eigenvalue weighted by atomic mass is 10.1. The van der Waals surface area contributed by atoms with Crippen LogP contribution < -0.4 is 5.73 Å². The molecule has 0 aromatic rings. The molecule has 0 aliphatic heterocycles. The number of hydrogen-bond donors (Lipinski definition) is 1. The van der Waals surface area contributed by atoms with Gasteiger partial charge in [0.1, 0.15) is 0 Å². The van der Waals surface area contributed by atoms with E-state index in [4.69, 9.17) is 15.2 Å². The summed E-state index contributed by atoms with van der Waals surface area (Å²) in [6, 6.07) is 0. The van der Waals surface area contributed by atoms with Crippen LogP contribution in [0.25, 0.3) is 0 Å². The number of nitrogens with two attached hydrogens (primary N) is 1. The predicted octanol–water partition coefficient (Wildman–Crippen LogP) is 0.387. The molecule has 0 saturated heterocycles. The highest BCUT2D eigenvalue weighted by atomic mass is 16.5. The van der Waals surface area contributed by atoms with Crippen molar-refractivity contribution in [2.45, 2.75) is 19.4 Å². The van der Waals surface area contributed by atoms with Crippen LogP contribution >= 0.6 is 0 Å². The van der Waals surface area contributed by atoms with Gasteiger partial charge in [0.05, 0.1) is 19.8 Å². The van der Waals surface area contributed by atoms with E-state index in [1.165, 1.54) is 0 Å². The minimum absolute atomic E-state index is 0.228. The van der Waals surface area contributed by atoms with Crippen LogP contribution in [0.4, 0.5) is 0 Å². The molecule has 0 aromatic carbocycles. The van der Waals surface area contributed by atoms with Crippen molar-refractivity contribution in [1.82, 2.24) is 0 Å². The van der Waals surface area contributed by atoms with E-state index in [9.17, 15) is 0 Å². The summed E-state index contributed by atoms with van der Waals surface area (Å²) >= 11 is 0. The Bertz CT molecular complexity index is 78.2. The third-order valence-electron chi connectivity index (χ3n) is 0.906. The van der Waals surface area contributed by atoms with Crippen molar-refractivity contribution in [2.75, 3.05) is 26.9 Å². The molecule has 0 saturated carbocycles. The lowest BCUT2D eigenvalue weighted by Crippen LogP contribution is -2.37. The van der Waals surface area contributed by atoms with Gasteiger partial charge >= 0.3 is 0 Å². The first-order valence-corrected chi connectivity index (χ1v) is 3.42. The topological polar surface area (TPSA) is 44.5 Å². The van der Waals surface area contributed by atoms with Crippen LogP contribution in [0, 0.1) is 0 Å². The first kappa shape index (κ1) is 9.88. The fourth-order valence-electron chi connectivity index (χ4n) is 0.477. The molecule has 0 amide bonds. The highest BCUT2D eigenvalue weighted by Crippen LogP contribution is 1.95. The summed E-state index contributed by atoms with van der Waals surface area (Å²) in [6.07, 6.45) is 0. The first-order valence-electron chi connectivity index (χ1n) is 3.42. The second-order valence-corrected chi connectivity index (χ2v) is 3.03. The molecule has 0 bridgehead atoms. The van der Waals surface area contributed by atoms with Gasteiger partial charge in [-0.1, -0.05) is 0 Å². The van der Waals surface area contributed by atoms with Gasteiger partial charge in [0.2, 0.25) is 0 Å². The molecule has 10 heavy (non-hydrogen) atoms. The Balaban J connectivity index is 3.04. The molecule has 2 N–H and O–H groups in total. The average Bonchev–Trinajstić information content (AvgIpc) is 1.78. The number of methoxy groups -OCH3 is 1. The minimum atomic E-state index is -0.228. The number of ether oxygens (including phenoxy) is 2. The van der Waals surface area contributed by atoms with E-state index in [0.29, 0.717) is 19.8 Å². The second kappa shape index (κ2) is 4.66. The molecule has 3 heteroatoms. The summed E-state index contributed by atoms with van der Waals surface area (Å²) in [5.41, 5.74) is 5.42. The molecule has 0 spiro atoms. The maximum atomic E-state index is 5.65. The highest BCUT2D eigenvalue weighted by molar-refractivity contribution is 4.69. The van der Waals surface area contributed by atoms with Crippen molar-refractivity contribution in [2.24, 2.45) is 5.73 Å². The monoisotopic (exact) mass is 147 g/mol. The number of rotatable bonds is 5. The van der Waals surface area contributed by atoms with Crippen LogP contribution in [0.2, 0.25) is 0 Å². The molecular weight excluding hydrogens is 130 g/mol. The van der Waals surface area contributed by atoms with Gasteiger partial charge < -0.3 is 15.2 Å². The van der Waals surface area contributed by atoms with Crippen molar-refractivity contribution >= 4 is 0 Å². The minimum Gasteiger partial charge on any atom is -0.382 e. The molecule has 0 heterocycles. The summed E-state index contributed by atoms with van der Waals surface area (Å²) in [4.78, 5) is 0. The molecule has 3 nitrogen and oxygen atoms in total. The number of hydrogen-bond acceptors (Lipinski definition) is 3. The zero-order valence-electron chi connectivity index (χ0n) is 7.02. The Morgan fingerprint density at radius 3 is 2.30 bits per heavy atom. The Morgan fingerprint density at radius 1 is 1.30 bits per heavy atom. The van der Waals surface area contributed by atoms with Crippen LogP contribution in [-0.2, 0) is 9.47 Å². The third-order valence-corrected chi connectivity index (χ3v) is 0.906. The van der Waals surface area contributed by atoms with E-state index < -0.39 is 0 Å². The molecule has 0 unspecified atom stereocenters. The zero-order chi connectivity index (χ0) is 8.04. The quantitative estimate of drug-likeness (QED) is 0.572. The molecular formula is C7H17NO2. The highest BCUT2D eigenvalue weighted by Gasteiger charge is 2.09. The Hall–Kier alpha value is -0.120. The van der Waals surface area contributed by atoms with Gasteiger partial charge in [0.25, 0.3) is 0 Å². The van der Waals surface area contributed by atoms with E-state index in [0.717, 1.165) is 0 Å². The summed E-state index contributed by atoms with van der Waals surface area (Å²) in [6.45, 7) is 5.70. The maximum Gasteiger partial charge on any atom is 0.0701 e. The largest absolute Gasteiger partial charge is 0.382 e. The lowest BCUT2D eigenvalue weighted by molar-refractivity contribution is 0.0503. The molecule has 0 radical (unpaired) electrons. The van der Waals surface area contributed by atoms with Gasteiger partial charge in [0.15, 0.2) is 0 Å². The van der Waals surface area contributed by atoms with Crippen molar-refractivity contribution in [3.63, 3.8) is 0 Å². The van der Waals surface area contributed by atoms with E-state index in [2.05, 4.69) is 0 Å². The Kier molecular flexibility index (Phi) is 4.60. The van der Waals surface area contributed by atoms with Crippen molar-refractivity contribution in [3.8, 4) is 0 Å². The van der Waals surface area contributed by atoms with Gasteiger partial charge in [-0.15, -0.1) is 0 Å².